The third-order valence-electron chi connectivity index (χ3n) is 2.52. The SMILES string of the molecule is C=CCNC(=O)N(C)CCOc1ccccc1C. The second-order valence-electron chi connectivity index (χ2n) is 4.01. The molecule has 1 rings (SSSR count). The van der Waals surface area contributed by atoms with Crippen LogP contribution in [0, 0.1) is 6.92 Å². The second-order valence-corrected chi connectivity index (χ2v) is 4.01. The number of rotatable bonds is 6. The van der Waals surface area contributed by atoms with Gasteiger partial charge in [0.25, 0.3) is 0 Å². The maximum absolute atomic E-state index is 11.5. The molecule has 0 radical (unpaired) electrons. The molecule has 0 aliphatic carbocycles. The van der Waals surface area contributed by atoms with Gasteiger partial charge in [-0.25, -0.2) is 4.79 Å². The molecule has 0 saturated carbocycles. The first-order valence-electron chi connectivity index (χ1n) is 5.93. The summed E-state index contributed by atoms with van der Waals surface area (Å²) < 4.78 is 5.62. The molecule has 0 bridgehead atoms. The highest BCUT2D eigenvalue weighted by Crippen LogP contribution is 2.15. The van der Waals surface area contributed by atoms with Crippen LogP contribution in [0.2, 0.25) is 0 Å². The van der Waals surface area contributed by atoms with Crippen LogP contribution in [0.25, 0.3) is 0 Å². The van der Waals surface area contributed by atoms with E-state index in [1.807, 2.05) is 31.2 Å². The number of carbonyl (C=O) groups is 1. The van der Waals surface area contributed by atoms with Crippen molar-refractivity contribution in [1.82, 2.24) is 10.2 Å². The molecule has 1 N–H and O–H groups in total. The number of hydrogen-bond acceptors (Lipinski definition) is 2. The first kappa shape index (κ1) is 14.1. The maximum atomic E-state index is 11.5. The molecular weight excluding hydrogens is 228 g/mol. The summed E-state index contributed by atoms with van der Waals surface area (Å²) in [6, 6.07) is 7.70. The minimum Gasteiger partial charge on any atom is -0.491 e. The number of para-hydroxylation sites is 1. The maximum Gasteiger partial charge on any atom is 0.317 e. The molecule has 0 saturated heterocycles. The quantitative estimate of drug-likeness (QED) is 0.784. The van der Waals surface area contributed by atoms with Crippen LogP contribution in [0.15, 0.2) is 36.9 Å². The van der Waals surface area contributed by atoms with Crippen molar-refractivity contribution in [2.24, 2.45) is 0 Å². The molecule has 0 atom stereocenters. The fourth-order valence-electron chi connectivity index (χ4n) is 1.41. The molecule has 0 aliphatic rings. The van der Waals surface area contributed by atoms with Crippen LogP contribution in [-0.2, 0) is 0 Å². The zero-order valence-electron chi connectivity index (χ0n) is 11.0. The van der Waals surface area contributed by atoms with Crippen molar-refractivity contribution in [1.29, 1.82) is 0 Å². The van der Waals surface area contributed by atoms with Crippen LogP contribution < -0.4 is 10.1 Å². The van der Waals surface area contributed by atoms with E-state index in [9.17, 15) is 4.79 Å². The van der Waals surface area contributed by atoms with E-state index in [1.54, 1.807) is 18.0 Å². The fourth-order valence-corrected chi connectivity index (χ4v) is 1.41. The lowest BCUT2D eigenvalue weighted by Crippen LogP contribution is -2.39. The number of nitrogens with one attached hydrogen (secondary N) is 1. The Kier molecular flexibility index (Phi) is 5.77. The van der Waals surface area contributed by atoms with E-state index < -0.39 is 0 Å². The van der Waals surface area contributed by atoms with Crippen molar-refractivity contribution in [2.45, 2.75) is 6.92 Å². The van der Waals surface area contributed by atoms with E-state index in [0.717, 1.165) is 11.3 Å². The van der Waals surface area contributed by atoms with Crippen molar-refractivity contribution in [3.63, 3.8) is 0 Å². The zero-order valence-corrected chi connectivity index (χ0v) is 11.0. The average Bonchev–Trinajstić information content (AvgIpc) is 2.38. The summed E-state index contributed by atoms with van der Waals surface area (Å²) in [6.45, 7) is 7.03. The van der Waals surface area contributed by atoms with Crippen molar-refractivity contribution < 1.29 is 9.53 Å². The van der Waals surface area contributed by atoms with Crippen LogP contribution >= 0.6 is 0 Å². The summed E-state index contributed by atoms with van der Waals surface area (Å²) in [7, 11) is 1.74. The van der Waals surface area contributed by atoms with E-state index in [2.05, 4.69) is 11.9 Å². The average molecular weight is 248 g/mol. The summed E-state index contributed by atoms with van der Waals surface area (Å²) in [6.07, 6.45) is 1.65. The predicted molar refractivity (Wildman–Crippen MR) is 72.9 cm³/mol. The minimum atomic E-state index is -0.122. The van der Waals surface area contributed by atoms with Gasteiger partial charge in [-0.1, -0.05) is 24.3 Å². The van der Waals surface area contributed by atoms with Gasteiger partial charge in [0.05, 0.1) is 6.54 Å². The molecular formula is C14H20N2O2. The molecule has 18 heavy (non-hydrogen) atoms. The van der Waals surface area contributed by atoms with E-state index >= 15 is 0 Å². The molecule has 1 aromatic rings. The van der Waals surface area contributed by atoms with E-state index in [0.29, 0.717) is 19.7 Å². The minimum absolute atomic E-state index is 0.122. The highest BCUT2D eigenvalue weighted by molar-refractivity contribution is 5.73. The van der Waals surface area contributed by atoms with E-state index in [1.165, 1.54) is 0 Å². The standard InChI is InChI=1S/C14H20N2O2/c1-4-9-15-14(17)16(3)10-11-18-13-8-6-5-7-12(13)2/h4-8H,1,9-11H2,2-3H3,(H,15,17). The summed E-state index contributed by atoms with van der Waals surface area (Å²) in [5.41, 5.74) is 1.09. The Balaban J connectivity index is 2.31. The first-order valence-corrected chi connectivity index (χ1v) is 5.93. The molecule has 0 heterocycles. The largest absolute Gasteiger partial charge is 0.491 e. The van der Waals surface area contributed by atoms with Gasteiger partial charge in [0.2, 0.25) is 0 Å². The first-order chi connectivity index (χ1) is 8.65. The van der Waals surface area contributed by atoms with Gasteiger partial charge < -0.3 is 15.0 Å². The smallest absolute Gasteiger partial charge is 0.317 e. The van der Waals surface area contributed by atoms with E-state index in [4.69, 9.17) is 4.74 Å². The highest BCUT2D eigenvalue weighted by atomic mass is 16.5. The molecule has 0 spiro atoms. The molecule has 0 fully saturated rings. The van der Waals surface area contributed by atoms with Crippen LogP contribution in [-0.4, -0.2) is 37.7 Å². The topological polar surface area (TPSA) is 41.6 Å². The third kappa shape index (κ3) is 4.49. The normalized spacial score (nSPS) is 9.67. The van der Waals surface area contributed by atoms with Crippen molar-refractivity contribution in [3.8, 4) is 5.75 Å². The second kappa shape index (κ2) is 7.37. The van der Waals surface area contributed by atoms with Gasteiger partial charge in [-0.2, -0.15) is 0 Å². The van der Waals surface area contributed by atoms with Crippen LogP contribution in [0.4, 0.5) is 4.79 Å². The number of likely N-dealkylation sites (N-methyl/N-ethyl adjacent to an activating group) is 1. The lowest BCUT2D eigenvalue weighted by Gasteiger charge is -2.18. The number of aryl methyl sites for hydroxylation is 1. The van der Waals surface area contributed by atoms with E-state index in [-0.39, 0.29) is 6.03 Å². The van der Waals surface area contributed by atoms with Gasteiger partial charge in [0, 0.05) is 13.6 Å². The lowest BCUT2D eigenvalue weighted by molar-refractivity contribution is 0.196. The van der Waals surface area contributed by atoms with Crippen LogP contribution in [0.3, 0.4) is 0 Å². The Bertz CT molecular complexity index is 405. The predicted octanol–water partition coefficient (Wildman–Crippen LogP) is 2.20. The number of nitrogens with zero attached hydrogens (tertiary/aromatic N) is 1. The fraction of sp³-hybridized carbons (Fsp3) is 0.357. The molecule has 0 unspecified atom stereocenters. The Morgan fingerprint density at radius 2 is 2.22 bits per heavy atom. The van der Waals surface area contributed by atoms with Crippen molar-refractivity contribution in [3.05, 3.63) is 42.5 Å². The third-order valence-corrected chi connectivity index (χ3v) is 2.52. The molecule has 1 aromatic carbocycles. The van der Waals surface area contributed by atoms with Crippen molar-refractivity contribution in [2.75, 3.05) is 26.7 Å². The number of benzene rings is 1. The molecule has 0 aromatic heterocycles. The number of hydrogen-bond donors (Lipinski definition) is 1. The Morgan fingerprint density at radius 3 is 2.89 bits per heavy atom. The Hall–Kier alpha value is -1.97. The van der Waals surface area contributed by atoms with Gasteiger partial charge in [-0.15, -0.1) is 6.58 Å². The number of ether oxygens (including phenoxy) is 1. The van der Waals surface area contributed by atoms with Gasteiger partial charge in [0.15, 0.2) is 0 Å². The number of carbonyl (C=O) groups excluding carboxylic acids is 1. The van der Waals surface area contributed by atoms with Gasteiger partial charge in [-0.3, -0.25) is 0 Å². The lowest BCUT2D eigenvalue weighted by atomic mass is 10.2. The summed E-state index contributed by atoms with van der Waals surface area (Å²) in [5.74, 6) is 0.859. The molecule has 4 nitrogen and oxygen atoms in total. The molecule has 4 heteroatoms. The molecule has 2 amide bonds. The van der Waals surface area contributed by atoms with Crippen LogP contribution in [0.1, 0.15) is 5.56 Å². The monoisotopic (exact) mass is 248 g/mol. The molecule has 0 aliphatic heterocycles. The Labute approximate surface area is 108 Å². The number of amides is 2. The summed E-state index contributed by atoms with van der Waals surface area (Å²) in [5, 5.41) is 2.71. The van der Waals surface area contributed by atoms with Gasteiger partial charge in [-0.05, 0) is 18.6 Å². The summed E-state index contributed by atoms with van der Waals surface area (Å²) in [4.78, 5) is 13.1. The Morgan fingerprint density at radius 1 is 1.50 bits per heavy atom. The van der Waals surface area contributed by atoms with Crippen LogP contribution in [0.5, 0.6) is 5.75 Å². The van der Waals surface area contributed by atoms with Crippen molar-refractivity contribution >= 4 is 6.03 Å². The van der Waals surface area contributed by atoms with Gasteiger partial charge >= 0.3 is 6.03 Å². The summed E-state index contributed by atoms with van der Waals surface area (Å²) >= 11 is 0. The highest BCUT2D eigenvalue weighted by Gasteiger charge is 2.06. The zero-order chi connectivity index (χ0) is 13.4. The van der Waals surface area contributed by atoms with Gasteiger partial charge in [0.1, 0.15) is 12.4 Å². The number of urea groups is 1. The molecule has 98 valence electrons.